The highest BCUT2D eigenvalue weighted by Crippen LogP contribution is 2.21. The van der Waals surface area contributed by atoms with Gasteiger partial charge in [-0.2, -0.15) is 20.1 Å². The molecule has 19 heavy (non-hydrogen) atoms. The molecule has 7 nitrogen and oxygen atoms in total. The highest BCUT2D eigenvalue weighted by atomic mass is 35.5. The number of rotatable bonds is 3. The van der Waals surface area contributed by atoms with Gasteiger partial charge in [-0.15, -0.1) is 0 Å². The maximum absolute atomic E-state index is 9.17. The van der Waals surface area contributed by atoms with Gasteiger partial charge in [0.1, 0.15) is 0 Å². The molecule has 0 saturated carbocycles. The maximum Gasteiger partial charge on any atom is 0.256 e. The van der Waals surface area contributed by atoms with E-state index >= 15 is 0 Å². The summed E-state index contributed by atoms with van der Waals surface area (Å²) in [5, 5.41) is 13.4. The van der Waals surface area contributed by atoms with Gasteiger partial charge in [-0.05, 0) is 24.1 Å². The Bertz CT molecular complexity index is 560. The summed E-state index contributed by atoms with van der Waals surface area (Å²) in [5.41, 5.74) is 0. The number of aromatic nitrogens is 5. The lowest BCUT2D eigenvalue weighted by Crippen LogP contribution is -2.24. The fourth-order valence-electron chi connectivity index (χ4n) is 2.12. The predicted octanol–water partition coefficient (Wildman–Crippen LogP) is 0.529. The van der Waals surface area contributed by atoms with Crippen molar-refractivity contribution in [1.29, 1.82) is 0 Å². The topological polar surface area (TPSA) is 80.0 Å². The van der Waals surface area contributed by atoms with Crippen molar-refractivity contribution in [3.05, 3.63) is 23.7 Å². The first-order chi connectivity index (χ1) is 9.26. The minimum atomic E-state index is 0.142. The zero-order chi connectivity index (χ0) is 13.2. The molecule has 0 spiro atoms. The molecule has 1 unspecified atom stereocenters. The average molecular weight is 281 g/mol. The van der Waals surface area contributed by atoms with E-state index in [0.29, 0.717) is 11.9 Å². The van der Waals surface area contributed by atoms with Crippen molar-refractivity contribution in [2.45, 2.75) is 6.42 Å². The summed E-state index contributed by atoms with van der Waals surface area (Å²) < 4.78 is 1.54. The van der Waals surface area contributed by atoms with Crippen LogP contribution in [0.4, 0.5) is 5.95 Å². The van der Waals surface area contributed by atoms with Gasteiger partial charge in [0, 0.05) is 38.0 Å². The Balaban J connectivity index is 1.90. The second kappa shape index (κ2) is 5.10. The van der Waals surface area contributed by atoms with E-state index in [-0.39, 0.29) is 17.8 Å². The van der Waals surface area contributed by atoms with Crippen molar-refractivity contribution in [3.63, 3.8) is 0 Å². The third-order valence-corrected chi connectivity index (χ3v) is 3.29. The molecule has 1 saturated heterocycles. The van der Waals surface area contributed by atoms with Crippen LogP contribution in [0.25, 0.3) is 5.95 Å². The van der Waals surface area contributed by atoms with Crippen LogP contribution in [-0.4, -0.2) is 49.5 Å². The summed E-state index contributed by atoms with van der Waals surface area (Å²) in [7, 11) is 0. The summed E-state index contributed by atoms with van der Waals surface area (Å²) in [6.07, 6.45) is 4.32. The van der Waals surface area contributed by atoms with E-state index < -0.39 is 0 Å². The molecular weight excluding hydrogens is 268 g/mol. The van der Waals surface area contributed by atoms with Crippen molar-refractivity contribution in [2.24, 2.45) is 5.92 Å². The fourth-order valence-corrected chi connectivity index (χ4v) is 2.27. The summed E-state index contributed by atoms with van der Waals surface area (Å²) >= 11 is 5.94. The van der Waals surface area contributed by atoms with Crippen LogP contribution in [0, 0.1) is 5.92 Å². The lowest BCUT2D eigenvalue weighted by Gasteiger charge is -2.16. The summed E-state index contributed by atoms with van der Waals surface area (Å²) in [6, 6.07) is 1.79. The van der Waals surface area contributed by atoms with Crippen LogP contribution in [0.3, 0.4) is 0 Å². The second-order valence-corrected chi connectivity index (χ2v) is 4.78. The highest BCUT2D eigenvalue weighted by molar-refractivity contribution is 6.28. The van der Waals surface area contributed by atoms with Crippen LogP contribution in [0.15, 0.2) is 18.5 Å². The second-order valence-electron chi connectivity index (χ2n) is 4.44. The first-order valence-electron chi connectivity index (χ1n) is 6.03. The van der Waals surface area contributed by atoms with Gasteiger partial charge in [-0.3, -0.25) is 0 Å². The number of aliphatic hydroxyl groups excluding tert-OH is 1. The van der Waals surface area contributed by atoms with Gasteiger partial charge in [0.25, 0.3) is 5.95 Å². The fraction of sp³-hybridized carbons (Fsp3) is 0.455. The predicted molar refractivity (Wildman–Crippen MR) is 69.4 cm³/mol. The number of aliphatic hydroxyl groups is 1. The van der Waals surface area contributed by atoms with Crippen LogP contribution in [0.2, 0.25) is 5.28 Å². The SMILES string of the molecule is OCC1CCN(c2nc(Cl)nc(-n3cccn3)n2)C1. The van der Waals surface area contributed by atoms with Gasteiger partial charge < -0.3 is 10.0 Å². The molecule has 3 rings (SSSR count). The molecular formula is C11H13ClN6O. The third kappa shape index (κ3) is 2.52. The third-order valence-electron chi connectivity index (χ3n) is 3.12. The van der Waals surface area contributed by atoms with E-state index in [9.17, 15) is 5.11 Å². The molecule has 1 N–H and O–H groups in total. The lowest BCUT2D eigenvalue weighted by molar-refractivity contribution is 0.238. The monoisotopic (exact) mass is 280 g/mol. The Morgan fingerprint density at radius 2 is 2.16 bits per heavy atom. The lowest BCUT2D eigenvalue weighted by atomic mass is 10.1. The van der Waals surface area contributed by atoms with Gasteiger partial charge in [-0.25, -0.2) is 4.68 Å². The molecule has 1 atom stereocenters. The van der Waals surface area contributed by atoms with E-state index in [1.54, 1.807) is 18.5 Å². The molecule has 3 heterocycles. The van der Waals surface area contributed by atoms with Crippen molar-refractivity contribution in [3.8, 4) is 5.95 Å². The first kappa shape index (κ1) is 12.3. The van der Waals surface area contributed by atoms with Gasteiger partial charge in [0.2, 0.25) is 11.2 Å². The van der Waals surface area contributed by atoms with Crippen LogP contribution < -0.4 is 4.90 Å². The summed E-state index contributed by atoms with van der Waals surface area (Å²) in [5.74, 6) is 1.19. The number of nitrogens with zero attached hydrogens (tertiary/aromatic N) is 6. The molecule has 0 aromatic carbocycles. The molecule has 1 aliphatic rings. The number of hydrogen-bond donors (Lipinski definition) is 1. The van der Waals surface area contributed by atoms with Gasteiger partial charge >= 0.3 is 0 Å². The zero-order valence-electron chi connectivity index (χ0n) is 10.1. The van der Waals surface area contributed by atoms with E-state index in [1.807, 2.05) is 4.90 Å². The van der Waals surface area contributed by atoms with E-state index in [0.717, 1.165) is 19.5 Å². The molecule has 0 bridgehead atoms. The number of halogens is 1. The standard InChI is InChI=1S/C11H13ClN6O/c12-9-14-10(17-5-2-8(6-17)7-19)16-11(15-9)18-4-1-3-13-18/h1,3-4,8,19H,2,5-7H2. The van der Waals surface area contributed by atoms with Crippen molar-refractivity contribution in [1.82, 2.24) is 24.7 Å². The maximum atomic E-state index is 9.17. The minimum Gasteiger partial charge on any atom is -0.396 e. The van der Waals surface area contributed by atoms with Crippen LogP contribution >= 0.6 is 11.6 Å². The van der Waals surface area contributed by atoms with Crippen molar-refractivity contribution < 1.29 is 5.11 Å². The highest BCUT2D eigenvalue weighted by Gasteiger charge is 2.24. The van der Waals surface area contributed by atoms with Crippen molar-refractivity contribution >= 4 is 17.5 Å². The van der Waals surface area contributed by atoms with E-state index in [4.69, 9.17) is 11.6 Å². The molecule has 1 aliphatic heterocycles. The van der Waals surface area contributed by atoms with Crippen molar-refractivity contribution in [2.75, 3.05) is 24.6 Å². The number of anilines is 1. The summed E-state index contributed by atoms with van der Waals surface area (Å²) in [4.78, 5) is 14.6. The van der Waals surface area contributed by atoms with Gasteiger partial charge in [-0.1, -0.05) is 0 Å². The average Bonchev–Trinajstić information content (AvgIpc) is 3.09. The zero-order valence-corrected chi connectivity index (χ0v) is 10.9. The Kier molecular flexibility index (Phi) is 3.31. The Labute approximate surface area is 114 Å². The first-order valence-corrected chi connectivity index (χ1v) is 6.41. The molecule has 1 fully saturated rings. The normalized spacial score (nSPS) is 19.1. The molecule has 0 aliphatic carbocycles. The molecule has 8 heteroatoms. The van der Waals surface area contributed by atoms with E-state index in [1.165, 1.54) is 4.68 Å². The molecule has 100 valence electrons. The Morgan fingerprint density at radius 3 is 2.84 bits per heavy atom. The Morgan fingerprint density at radius 1 is 1.32 bits per heavy atom. The van der Waals surface area contributed by atoms with Crippen LogP contribution in [-0.2, 0) is 0 Å². The molecule has 0 amide bonds. The minimum absolute atomic E-state index is 0.142. The molecule has 2 aromatic rings. The quantitative estimate of drug-likeness (QED) is 0.883. The number of hydrogen-bond acceptors (Lipinski definition) is 6. The van der Waals surface area contributed by atoms with Gasteiger partial charge in [0.15, 0.2) is 0 Å². The van der Waals surface area contributed by atoms with Gasteiger partial charge in [0.05, 0.1) is 0 Å². The molecule has 2 aromatic heterocycles. The smallest absolute Gasteiger partial charge is 0.256 e. The summed E-state index contributed by atoms with van der Waals surface area (Å²) in [6.45, 7) is 1.72. The largest absolute Gasteiger partial charge is 0.396 e. The van der Waals surface area contributed by atoms with Crippen LogP contribution in [0.5, 0.6) is 0 Å². The Hall–Kier alpha value is -1.73. The van der Waals surface area contributed by atoms with E-state index in [2.05, 4.69) is 20.1 Å². The van der Waals surface area contributed by atoms with Crippen LogP contribution in [0.1, 0.15) is 6.42 Å². The molecule has 0 radical (unpaired) electrons.